The van der Waals surface area contributed by atoms with Crippen molar-refractivity contribution in [1.82, 2.24) is 0 Å². The Labute approximate surface area is 160 Å². The van der Waals surface area contributed by atoms with E-state index < -0.39 is 0 Å². The summed E-state index contributed by atoms with van der Waals surface area (Å²) in [5, 5.41) is 7.56. The zero-order valence-corrected chi connectivity index (χ0v) is 17.1. The number of benzene rings is 1. The van der Waals surface area contributed by atoms with Crippen molar-refractivity contribution in [1.29, 1.82) is 5.41 Å². The largest absolute Gasteiger partial charge is 0.379 e. The number of rotatable bonds is 3. The summed E-state index contributed by atoms with van der Waals surface area (Å²) < 4.78 is 1.11. The normalized spacial score (nSPS) is 17.7. The van der Waals surface area contributed by atoms with Gasteiger partial charge in [-0.25, -0.2) is 0 Å². The Kier molecular flexibility index (Phi) is 5.23. The van der Waals surface area contributed by atoms with Gasteiger partial charge in [0.1, 0.15) is 0 Å². The molecule has 1 aromatic carbocycles. The summed E-state index contributed by atoms with van der Waals surface area (Å²) in [5.41, 5.74) is 9.79. The lowest BCUT2D eigenvalue weighted by Crippen LogP contribution is -2.20. The molecule has 3 rings (SSSR count). The quantitative estimate of drug-likeness (QED) is 0.461. The van der Waals surface area contributed by atoms with Gasteiger partial charge in [-0.05, 0) is 53.2 Å². The average molecular weight is 421 g/mol. The maximum Gasteiger partial charge on any atom is 0.151 e. The van der Waals surface area contributed by atoms with Gasteiger partial charge in [-0.15, -0.1) is 11.3 Å². The number of allylic oxidation sites excluding steroid dienone is 1. The summed E-state index contributed by atoms with van der Waals surface area (Å²) in [6.45, 7) is 4.67. The number of amidine groups is 1. The maximum atomic E-state index is 7.38. The van der Waals surface area contributed by atoms with Gasteiger partial charge in [0.2, 0.25) is 0 Å². The zero-order valence-electron chi connectivity index (χ0n) is 13.9. The minimum Gasteiger partial charge on any atom is -0.379 e. The first-order valence-electron chi connectivity index (χ1n) is 7.89. The predicted molar refractivity (Wildman–Crippen MR) is 112 cm³/mol. The van der Waals surface area contributed by atoms with E-state index >= 15 is 0 Å². The number of fused-ring (bicyclic) bond motifs is 1. The van der Waals surface area contributed by atoms with Crippen molar-refractivity contribution in [3.8, 4) is 10.4 Å². The third-order valence-corrected chi connectivity index (χ3v) is 6.46. The van der Waals surface area contributed by atoms with Gasteiger partial charge in [0, 0.05) is 20.0 Å². The third kappa shape index (κ3) is 4.13. The Balaban J connectivity index is 1.97. The molecule has 0 bridgehead atoms. The smallest absolute Gasteiger partial charge is 0.151 e. The van der Waals surface area contributed by atoms with Crippen LogP contribution in [0.1, 0.15) is 30.7 Å². The molecule has 0 atom stereocenters. The Morgan fingerprint density at radius 1 is 1.38 bits per heavy atom. The van der Waals surface area contributed by atoms with Crippen molar-refractivity contribution in [2.45, 2.75) is 26.7 Å². The molecule has 0 aliphatic heterocycles. The first kappa shape index (κ1) is 17.8. The summed E-state index contributed by atoms with van der Waals surface area (Å²) in [7, 11) is 0. The Hall–Kier alpha value is -1.04. The molecular formula is C19H21BrN2S2. The molecule has 126 valence electrons. The number of nitrogens with two attached hydrogens (primary N) is 1. The maximum absolute atomic E-state index is 7.38. The van der Waals surface area contributed by atoms with Crippen molar-refractivity contribution >= 4 is 49.8 Å². The molecule has 24 heavy (non-hydrogen) atoms. The molecule has 3 N–H and O–H groups in total. The summed E-state index contributed by atoms with van der Waals surface area (Å²) in [6, 6.07) is 10.8. The standard InChI is InChI=1S/C19H21BrN2S2/c1-19(2)10-13(6-7-23-18(21)22)15-9-16(24-17(15)11-19)12-4-3-5-14(20)8-12/h3-6,8-9H,7,10-11H2,1-2H3,(H3,21,22)/b13-6+. The van der Waals surface area contributed by atoms with Gasteiger partial charge in [-0.2, -0.15) is 0 Å². The third-order valence-electron chi connectivity index (χ3n) is 4.14. The van der Waals surface area contributed by atoms with Crippen molar-refractivity contribution in [3.63, 3.8) is 0 Å². The van der Waals surface area contributed by atoms with Gasteiger partial charge >= 0.3 is 0 Å². The molecule has 0 spiro atoms. The van der Waals surface area contributed by atoms with E-state index in [0.29, 0.717) is 0 Å². The SMILES string of the molecule is CC1(C)C/C(=C\CSC(=N)N)c2cc(-c3cccc(Br)c3)sc2C1. The van der Waals surface area contributed by atoms with Crippen LogP contribution in [0.25, 0.3) is 16.0 Å². The highest BCUT2D eigenvalue weighted by Gasteiger charge is 2.30. The summed E-state index contributed by atoms with van der Waals surface area (Å²) in [6.07, 6.45) is 4.45. The van der Waals surface area contributed by atoms with Crippen LogP contribution in [-0.2, 0) is 6.42 Å². The van der Waals surface area contributed by atoms with Gasteiger partial charge in [-0.1, -0.05) is 59.7 Å². The summed E-state index contributed by atoms with van der Waals surface area (Å²) in [4.78, 5) is 2.80. The number of hydrogen-bond acceptors (Lipinski definition) is 3. The second-order valence-electron chi connectivity index (χ2n) is 6.88. The average Bonchev–Trinajstić information content (AvgIpc) is 2.89. The van der Waals surface area contributed by atoms with Gasteiger partial charge in [0.05, 0.1) is 0 Å². The molecule has 0 radical (unpaired) electrons. The van der Waals surface area contributed by atoms with Crippen LogP contribution >= 0.6 is 39.0 Å². The zero-order chi connectivity index (χ0) is 17.3. The molecule has 0 unspecified atom stereocenters. The fraction of sp³-hybridized carbons (Fsp3) is 0.316. The van der Waals surface area contributed by atoms with Crippen LogP contribution in [-0.4, -0.2) is 10.9 Å². The van der Waals surface area contributed by atoms with E-state index in [2.05, 4.69) is 66.2 Å². The first-order valence-corrected chi connectivity index (χ1v) is 10.5. The van der Waals surface area contributed by atoms with Crippen LogP contribution in [0.3, 0.4) is 0 Å². The number of thioether (sulfide) groups is 1. The lowest BCUT2D eigenvalue weighted by molar-refractivity contribution is 0.369. The van der Waals surface area contributed by atoms with Crippen molar-refractivity contribution in [2.75, 3.05) is 5.75 Å². The van der Waals surface area contributed by atoms with Gasteiger partial charge in [0.15, 0.2) is 5.17 Å². The van der Waals surface area contributed by atoms with E-state index in [1.54, 1.807) is 0 Å². The molecule has 5 heteroatoms. The molecule has 2 nitrogen and oxygen atoms in total. The summed E-state index contributed by atoms with van der Waals surface area (Å²) >= 11 is 6.86. The van der Waals surface area contributed by atoms with E-state index in [9.17, 15) is 0 Å². The van der Waals surface area contributed by atoms with Crippen LogP contribution < -0.4 is 5.73 Å². The van der Waals surface area contributed by atoms with E-state index in [0.717, 1.165) is 23.1 Å². The van der Waals surface area contributed by atoms with Crippen LogP contribution in [0.4, 0.5) is 0 Å². The molecule has 2 aromatic rings. The van der Waals surface area contributed by atoms with E-state index in [1.807, 2.05) is 11.3 Å². The Morgan fingerprint density at radius 2 is 2.17 bits per heavy atom. The minimum atomic E-state index is 0.183. The number of thiophene rings is 1. The molecule has 0 fully saturated rings. The second-order valence-corrected chi connectivity index (χ2v) is 9.99. The van der Waals surface area contributed by atoms with Crippen LogP contribution in [0.5, 0.6) is 0 Å². The van der Waals surface area contributed by atoms with Gasteiger partial charge in [-0.3, -0.25) is 5.41 Å². The molecular weight excluding hydrogens is 400 g/mol. The molecule has 1 aliphatic rings. The highest BCUT2D eigenvalue weighted by atomic mass is 79.9. The second kappa shape index (κ2) is 7.06. The molecule has 1 aliphatic carbocycles. The number of halogens is 1. The van der Waals surface area contributed by atoms with Crippen LogP contribution in [0, 0.1) is 10.8 Å². The van der Waals surface area contributed by atoms with Crippen LogP contribution in [0.2, 0.25) is 0 Å². The topological polar surface area (TPSA) is 49.9 Å². The summed E-state index contributed by atoms with van der Waals surface area (Å²) in [5.74, 6) is 0.766. The number of nitrogens with one attached hydrogen (secondary N) is 1. The number of hydrogen-bond donors (Lipinski definition) is 2. The Morgan fingerprint density at radius 3 is 2.88 bits per heavy atom. The Bertz CT molecular complexity index is 805. The fourth-order valence-corrected chi connectivity index (χ4v) is 5.45. The van der Waals surface area contributed by atoms with Gasteiger partial charge < -0.3 is 5.73 Å². The highest BCUT2D eigenvalue weighted by Crippen LogP contribution is 2.47. The van der Waals surface area contributed by atoms with Gasteiger partial charge in [0.25, 0.3) is 0 Å². The van der Waals surface area contributed by atoms with Crippen molar-refractivity contribution in [3.05, 3.63) is 51.3 Å². The molecule has 1 heterocycles. The predicted octanol–water partition coefficient (Wildman–Crippen LogP) is 6.16. The minimum absolute atomic E-state index is 0.183. The molecule has 0 saturated heterocycles. The molecule has 0 saturated carbocycles. The van der Waals surface area contributed by atoms with Crippen LogP contribution in [0.15, 0.2) is 40.9 Å². The highest BCUT2D eigenvalue weighted by molar-refractivity contribution is 9.10. The molecule has 1 aromatic heterocycles. The lowest BCUT2D eigenvalue weighted by Gasteiger charge is -2.31. The van der Waals surface area contributed by atoms with Crippen molar-refractivity contribution in [2.24, 2.45) is 11.1 Å². The van der Waals surface area contributed by atoms with Crippen molar-refractivity contribution < 1.29 is 0 Å². The first-order chi connectivity index (χ1) is 11.3. The van der Waals surface area contributed by atoms with E-state index in [-0.39, 0.29) is 10.6 Å². The lowest BCUT2D eigenvalue weighted by atomic mass is 9.75. The van der Waals surface area contributed by atoms with E-state index in [1.165, 1.54) is 38.2 Å². The van der Waals surface area contributed by atoms with E-state index in [4.69, 9.17) is 11.1 Å². The monoisotopic (exact) mass is 420 g/mol. The molecule has 0 amide bonds. The fourth-order valence-electron chi connectivity index (χ4n) is 3.14.